The van der Waals surface area contributed by atoms with Crippen molar-refractivity contribution in [3.63, 3.8) is 0 Å². The molecule has 0 spiro atoms. The number of hydrogen-bond acceptors (Lipinski definition) is 5. The van der Waals surface area contributed by atoms with Crippen molar-refractivity contribution in [2.45, 2.75) is 13.1 Å². The van der Waals surface area contributed by atoms with Crippen molar-refractivity contribution in [2.24, 2.45) is 5.73 Å². The molecule has 0 saturated carbocycles. The lowest BCUT2D eigenvalue weighted by Gasteiger charge is -2.06. The molecule has 0 bridgehead atoms. The van der Waals surface area contributed by atoms with Gasteiger partial charge in [0, 0.05) is 30.1 Å². The van der Waals surface area contributed by atoms with Crippen LogP contribution < -0.4 is 11.1 Å². The normalized spacial score (nSPS) is 10.7. The number of carbonyl (C=O) groups is 1. The van der Waals surface area contributed by atoms with Crippen molar-refractivity contribution in [2.75, 3.05) is 0 Å². The van der Waals surface area contributed by atoms with Crippen molar-refractivity contribution in [3.8, 4) is 0 Å². The zero-order valence-corrected chi connectivity index (χ0v) is 12.1. The molecular weight excluding hydrogens is 284 g/mol. The highest BCUT2D eigenvalue weighted by Crippen LogP contribution is 2.16. The number of hydrogen-bond donors (Lipinski definition) is 2. The number of para-hydroxylation sites is 1. The minimum Gasteiger partial charge on any atom is -0.347 e. The molecule has 0 fully saturated rings. The van der Waals surface area contributed by atoms with E-state index in [2.05, 4.69) is 15.3 Å². The Morgan fingerprint density at radius 2 is 2.14 bits per heavy atom. The molecule has 6 heteroatoms. The predicted molar refractivity (Wildman–Crippen MR) is 82.9 cm³/mol. The van der Waals surface area contributed by atoms with E-state index in [9.17, 15) is 4.79 Å². The van der Waals surface area contributed by atoms with E-state index in [0.717, 1.165) is 21.5 Å². The summed E-state index contributed by atoms with van der Waals surface area (Å²) in [5, 5.41) is 6.41. The molecule has 2 heterocycles. The zero-order valence-electron chi connectivity index (χ0n) is 11.2. The van der Waals surface area contributed by atoms with E-state index in [1.165, 1.54) is 11.3 Å². The van der Waals surface area contributed by atoms with Gasteiger partial charge < -0.3 is 11.1 Å². The molecular formula is C15H14N4OS. The molecule has 5 nitrogen and oxygen atoms in total. The van der Waals surface area contributed by atoms with E-state index in [1.54, 1.807) is 11.6 Å². The highest BCUT2D eigenvalue weighted by atomic mass is 32.1. The molecule has 1 aromatic carbocycles. The van der Waals surface area contributed by atoms with Crippen LogP contribution in [-0.4, -0.2) is 15.9 Å². The molecule has 0 aliphatic rings. The van der Waals surface area contributed by atoms with Gasteiger partial charge in [0.05, 0.1) is 5.52 Å². The number of fused-ring (bicyclic) bond motifs is 1. The summed E-state index contributed by atoms with van der Waals surface area (Å²) >= 11 is 1.39. The number of nitrogens with two attached hydrogens (primary N) is 1. The number of aromatic nitrogens is 2. The van der Waals surface area contributed by atoms with Gasteiger partial charge in [-0.2, -0.15) is 0 Å². The van der Waals surface area contributed by atoms with E-state index in [4.69, 9.17) is 5.73 Å². The fourth-order valence-electron chi connectivity index (χ4n) is 2.09. The van der Waals surface area contributed by atoms with Gasteiger partial charge in [-0.05, 0) is 11.6 Å². The first kappa shape index (κ1) is 13.7. The second-order valence-electron chi connectivity index (χ2n) is 4.51. The maximum absolute atomic E-state index is 12.1. The second kappa shape index (κ2) is 5.99. The SMILES string of the molecule is NCc1nc(C(=O)NCc2cccc3cccnc23)cs1. The number of thiazole rings is 1. The maximum atomic E-state index is 12.1. The average Bonchev–Trinajstić information content (AvgIpc) is 3.01. The summed E-state index contributed by atoms with van der Waals surface area (Å²) in [6.45, 7) is 0.772. The quantitative estimate of drug-likeness (QED) is 0.772. The van der Waals surface area contributed by atoms with Crippen molar-refractivity contribution in [3.05, 3.63) is 58.2 Å². The van der Waals surface area contributed by atoms with Gasteiger partial charge in [0.25, 0.3) is 5.91 Å². The first-order valence-electron chi connectivity index (χ1n) is 6.53. The minimum absolute atomic E-state index is 0.195. The predicted octanol–water partition coefficient (Wildman–Crippen LogP) is 2.08. The van der Waals surface area contributed by atoms with Gasteiger partial charge in [-0.15, -0.1) is 11.3 Å². The van der Waals surface area contributed by atoms with Crippen LogP contribution in [0.25, 0.3) is 10.9 Å². The summed E-state index contributed by atoms with van der Waals surface area (Å²) in [5.41, 5.74) is 7.80. The van der Waals surface area contributed by atoms with E-state index in [0.29, 0.717) is 18.8 Å². The van der Waals surface area contributed by atoms with Gasteiger partial charge >= 0.3 is 0 Å². The van der Waals surface area contributed by atoms with Gasteiger partial charge in [-0.1, -0.05) is 24.3 Å². The van der Waals surface area contributed by atoms with Gasteiger partial charge in [-0.3, -0.25) is 9.78 Å². The third-order valence-corrected chi connectivity index (χ3v) is 3.99. The fraction of sp³-hybridized carbons (Fsp3) is 0.133. The molecule has 3 aromatic rings. The van der Waals surface area contributed by atoms with Gasteiger partial charge in [-0.25, -0.2) is 4.98 Å². The van der Waals surface area contributed by atoms with Crippen LogP contribution in [0.5, 0.6) is 0 Å². The summed E-state index contributed by atoms with van der Waals surface area (Å²) in [6, 6.07) is 9.82. The number of pyridine rings is 1. The molecule has 21 heavy (non-hydrogen) atoms. The van der Waals surface area contributed by atoms with Crippen molar-refractivity contribution < 1.29 is 4.79 Å². The lowest BCUT2D eigenvalue weighted by Crippen LogP contribution is -2.23. The van der Waals surface area contributed by atoms with E-state index >= 15 is 0 Å². The minimum atomic E-state index is -0.195. The molecule has 1 amide bonds. The topological polar surface area (TPSA) is 80.9 Å². The molecule has 0 aliphatic carbocycles. The van der Waals surface area contributed by atoms with E-state index < -0.39 is 0 Å². The first-order chi connectivity index (χ1) is 10.3. The summed E-state index contributed by atoms with van der Waals surface area (Å²) < 4.78 is 0. The van der Waals surface area contributed by atoms with Crippen LogP contribution in [0, 0.1) is 0 Å². The molecule has 0 aliphatic heterocycles. The zero-order chi connectivity index (χ0) is 14.7. The number of carbonyl (C=O) groups excluding carboxylic acids is 1. The number of nitrogens with one attached hydrogen (secondary N) is 1. The Hall–Kier alpha value is -2.31. The van der Waals surface area contributed by atoms with Crippen LogP contribution in [0.4, 0.5) is 0 Å². The van der Waals surface area contributed by atoms with Crippen LogP contribution in [-0.2, 0) is 13.1 Å². The number of benzene rings is 1. The number of amides is 1. The van der Waals surface area contributed by atoms with Crippen LogP contribution >= 0.6 is 11.3 Å². The summed E-state index contributed by atoms with van der Waals surface area (Å²) in [6.07, 6.45) is 1.75. The van der Waals surface area contributed by atoms with Crippen LogP contribution in [0.15, 0.2) is 41.9 Å². The highest BCUT2D eigenvalue weighted by Gasteiger charge is 2.10. The largest absolute Gasteiger partial charge is 0.347 e. The molecule has 0 atom stereocenters. The smallest absolute Gasteiger partial charge is 0.271 e. The Morgan fingerprint density at radius 3 is 2.95 bits per heavy atom. The van der Waals surface area contributed by atoms with E-state index in [-0.39, 0.29) is 5.91 Å². The molecule has 0 unspecified atom stereocenters. The monoisotopic (exact) mass is 298 g/mol. The van der Waals surface area contributed by atoms with Crippen LogP contribution in [0.1, 0.15) is 21.1 Å². The third kappa shape index (κ3) is 2.91. The lowest BCUT2D eigenvalue weighted by molar-refractivity contribution is 0.0946. The summed E-state index contributed by atoms with van der Waals surface area (Å²) in [7, 11) is 0. The second-order valence-corrected chi connectivity index (χ2v) is 5.45. The lowest BCUT2D eigenvalue weighted by atomic mass is 10.1. The third-order valence-electron chi connectivity index (χ3n) is 3.11. The van der Waals surface area contributed by atoms with Gasteiger partial charge in [0.15, 0.2) is 0 Å². The maximum Gasteiger partial charge on any atom is 0.271 e. The molecule has 2 aromatic heterocycles. The van der Waals surface area contributed by atoms with E-state index in [1.807, 2.05) is 30.3 Å². The Bertz CT molecular complexity index is 779. The Balaban J connectivity index is 1.75. The van der Waals surface area contributed by atoms with Crippen LogP contribution in [0.2, 0.25) is 0 Å². The molecule has 0 saturated heterocycles. The Kier molecular flexibility index (Phi) is 3.89. The highest BCUT2D eigenvalue weighted by molar-refractivity contribution is 7.09. The van der Waals surface area contributed by atoms with Crippen molar-refractivity contribution >= 4 is 28.1 Å². The number of nitrogens with zero attached hydrogens (tertiary/aromatic N) is 2. The Morgan fingerprint density at radius 1 is 1.29 bits per heavy atom. The molecule has 3 N–H and O–H groups in total. The van der Waals surface area contributed by atoms with Gasteiger partial charge in [0.1, 0.15) is 10.7 Å². The fourth-order valence-corrected chi connectivity index (χ4v) is 2.74. The number of rotatable bonds is 4. The standard InChI is InChI=1S/C15H14N4OS/c16-7-13-19-12(9-21-13)15(20)18-8-11-4-1-3-10-5-2-6-17-14(10)11/h1-6,9H,7-8,16H2,(H,18,20). The average molecular weight is 298 g/mol. The molecule has 106 valence electrons. The first-order valence-corrected chi connectivity index (χ1v) is 7.41. The van der Waals surface area contributed by atoms with Gasteiger partial charge in [0.2, 0.25) is 0 Å². The molecule has 0 radical (unpaired) electrons. The summed E-state index contributed by atoms with van der Waals surface area (Å²) in [4.78, 5) is 20.6. The van der Waals surface area contributed by atoms with Crippen molar-refractivity contribution in [1.29, 1.82) is 0 Å². The molecule has 3 rings (SSSR count). The van der Waals surface area contributed by atoms with Crippen LogP contribution in [0.3, 0.4) is 0 Å². The Labute approximate surface area is 125 Å². The summed E-state index contributed by atoms with van der Waals surface area (Å²) in [5.74, 6) is -0.195. The van der Waals surface area contributed by atoms with Crippen molar-refractivity contribution in [1.82, 2.24) is 15.3 Å².